The van der Waals surface area contributed by atoms with Gasteiger partial charge in [0.15, 0.2) is 0 Å². The monoisotopic (exact) mass is 403 g/mol. The largest absolute Gasteiger partial charge is 0.372 e. The Morgan fingerprint density at radius 3 is 2.37 bits per heavy atom. The molecule has 4 rings (SSSR count). The van der Waals surface area contributed by atoms with Crippen molar-refractivity contribution in [1.82, 2.24) is 14.7 Å². The van der Waals surface area contributed by atoms with E-state index in [0.29, 0.717) is 18.8 Å². The van der Waals surface area contributed by atoms with Gasteiger partial charge in [-0.3, -0.25) is 4.79 Å². The van der Waals surface area contributed by atoms with E-state index in [1.54, 1.807) is 4.68 Å². The second kappa shape index (κ2) is 8.07. The number of hydrogen-bond acceptors (Lipinski definition) is 3. The molecule has 0 bridgehead atoms. The predicted octanol–water partition coefficient (Wildman–Crippen LogP) is 4.71. The summed E-state index contributed by atoms with van der Waals surface area (Å²) < 4.78 is 7.60. The van der Waals surface area contributed by atoms with Crippen molar-refractivity contribution >= 4 is 5.91 Å². The molecule has 1 amide bonds. The molecular weight excluding hydrogens is 374 g/mol. The molecule has 1 fully saturated rings. The van der Waals surface area contributed by atoms with Gasteiger partial charge in [-0.25, -0.2) is 4.68 Å². The maximum atomic E-state index is 13.5. The van der Waals surface area contributed by atoms with Crippen LogP contribution in [0.2, 0.25) is 0 Å². The minimum absolute atomic E-state index is 0.0129. The van der Waals surface area contributed by atoms with E-state index in [1.807, 2.05) is 49.9 Å². The highest BCUT2D eigenvalue weighted by Gasteiger charge is 2.29. The van der Waals surface area contributed by atoms with Crippen LogP contribution in [-0.4, -0.2) is 45.9 Å². The van der Waals surface area contributed by atoms with Crippen molar-refractivity contribution in [1.29, 1.82) is 0 Å². The van der Waals surface area contributed by atoms with Gasteiger partial charge in [-0.1, -0.05) is 24.3 Å². The van der Waals surface area contributed by atoms with Gasteiger partial charge in [0, 0.05) is 18.7 Å². The van der Waals surface area contributed by atoms with E-state index in [0.717, 1.165) is 22.5 Å². The van der Waals surface area contributed by atoms with Crippen LogP contribution in [0.5, 0.6) is 0 Å². The molecule has 2 aromatic carbocycles. The number of benzene rings is 2. The lowest BCUT2D eigenvalue weighted by Gasteiger charge is -2.35. The van der Waals surface area contributed by atoms with Gasteiger partial charge in [0.2, 0.25) is 0 Å². The summed E-state index contributed by atoms with van der Waals surface area (Å²) in [5.74, 6) is -0.0129. The van der Waals surface area contributed by atoms with Gasteiger partial charge < -0.3 is 9.64 Å². The van der Waals surface area contributed by atoms with Gasteiger partial charge in [0.05, 0.1) is 23.6 Å². The van der Waals surface area contributed by atoms with Gasteiger partial charge >= 0.3 is 0 Å². The molecular formula is C25H29N3O2. The molecule has 0 unspecified atom stereocenters. The minimum Gasteiger partial charge on any atom is -0.372 e. The SMILES string of the molecule is Cc1cccc(-n2nc(-c3ccc(C)c(C)c3)cc2C(=O)N2C[C@H](C)O[C@@H](C)C2)c1. The van der Waals surface area contributed by atoms with E-state index >= 15 is 0 Å². The second-order valence-electron chi connectivity index (χ2n) is 8.43. The average molecular weight is 404 g/mol. The van der Waals surface area contributed by atoms with Crippen LogP contribution in [-0.2, 0) is 4.74 Å². The highest BCUT2D eigenvalue weighted by atomic mass is 16.5. The van der Waals surface area contributed by atoms with Crippen molar-refractivity contribution in [3.63, 3.8) is 0 Å². The zero-order valence-electron chi connectivity index (χ0n) is 18.3. The van der Waals surface area contributed by atoms with Gasteiger partial charge in [-0.05, 0) is 75.6 Å². The zero-order chi connectivity index (χ0) is 21.4. The topological polar surface area (TPSA) is 47.4 Å². The molecule has 30 heavy (non-hydrogen) atoms. The van der Waals surface area contributed by atoms with Crippen molar-refractivity contribution in [2.45, 2.75) is 46.8 Å². The van der Waals surface area contributed by atoms with Crippen LogP contribution in [0.15, 0.2) is 48.5 Å². The number of amides is 1. The Labute approximate surface area is 178 Å². The highest BCUT2D eigenvalue weighted by Crippen LogP contribution is 2.26. The summed E-state index contributed by atoms with van der Waals surface area (Å²) in [6.45, 7) is 11.4. The van der Waals surface area contributed by atoms with Crippen LogP contribution in [0.4, 0.5) is 0 Å². The van der Waals surface area contributed by atoms with Crippen LogP contribution < -0.4 is 0 Å². The lowest BCUT2D eigenvalue weighted by molar-refractivity contribution is -0.0588. The van der Waals surface area contributed by atoms with Crippen molar-refractivity contribution in [3.8, 4) is 16.9 Å². The molecule has 5 heteroatoms. The van der Waals surface area contributed by atoms with E-state index in [-0.39, 0.29) is 18.1 Å². The number of morpholine rings is 1. The summed E-state index contributed by atoms with van der Waals surface area (Å²) in [6, 6.07) is 16.3. The average Bonchev–Trinajstić information content (AvgIpc) is 3.14. The third-order valence-electron chi connectivity index (χ3n) is 5.68. The number of rotatable bonds is 3. The molecule has 2 atom stereocenters. The van der Waals surface area contributed by atoms with Gasteiger partial charge in [0.1, 0.15) is 5.69 Å². The summed E-state index contributed by atoms with van der Waals surface area (Å²) in [5.41, 5.74) is 6.87. The van der Waals surface area contributed by atoms with Crippen LogP contribution in [0.1, 0.15) is 41.0 Å². The molecule has 156 valence electrons. The number of aromatic nitrogens is 2. The Bertz CT molecular complexity index is 1080. The predicted molar refractivity (Wildman–Crippen MR) is 119 cm³/mol. The first-order valence-corrected chi connectivity index (χ1v) is 10.5. The van der Waals surface area contributed by atoms with Crippen LogP contribution >= 0.6 is 0 Å². The number of carbonyl (C=O) groups is 1. The fourth-order valence-electron chi connectivity index (χ4n) is 4.04. The number of carbonyl (C=O) groups excluding carboxylic acids is 1. The number of hydrogen-bond donors (Lipinski definition) is 0. The fourth-order valence-corrected chi connectivity index (χ4v) is 4.04. The maximum Gasteiger partial charge on any atom is 0.272 e. The Morgan fingerprint density at radius 1 is 0.967 bits per heavy atom. The molecule has 2 heterocycles. The zero-order valence-corrected chi connectivity index (χ0v) is 18.3. The Hall–Kier alpha value is -2.92. The number of ether oxygens (including phenoxy) is 1. The molecule has 1 aliphatic rings. The standard InChI is InChI=1S/C25H29N3O2/c1-16-7-6-8-22(11-16)28-24(25(29)27-14-19(4)30-20(5)15-27)13-23(26-28)21-10-9-17(2)18(3)12-21/h6-13,19-20H,14-15H2,1-5H3/t19-,20-/m0/s1. The summed E-state index contributed by atoms with van der Waals surface area (Å²) in [6.07, 6.45) is 0.0412. The molecule has 1 aromatic heterocycles. The molecule has 0 aliphatic carbocycles. The molecule has 0 N–H and O–H groups in total. The molecule has 1 aliphatic heterocycles. The maximum absolute atomic E-state index is 13.5. The normalized spacial score (nSPS) is 19.2. The van der Waals surface area contributed by atoms with Crippen molar-refractivity contribution in [3.05, 3.63) is 70.9 Å². The van der Waals surface area contributed by atoms with Crippen LogP contribution in [0, 0.1) is 20.8 Å². The van der Waals surface area contributed by atoms with E-state index in [9.17, 15) is 4.79 Å². The molecule has 3 aromatic rings. The van der Waals surface area contributed by atoms with Crippen molar-refractivity contribution in [2.75, 3.05) is 13.1 Å². The van der Waals surface area contributed by atoms with Crippen LogP contribution in [0.3, 0.4) is 0 Å². The first-order valence-electron chi connectivity index (χ1n) is 10.5. The summed E-state index contributed by atoms with van der Waals surface area (Å²) in [4.78, 5) is 15.4. The van der Waals surface area contributed by atoms with E-state index in [1.165, 1.54) is 11.1 Å². The summed E-state index contributed by atoms with van der Waals surface area (Å²) in [5, 5.41) is 4.85. The third-order valence-corrected chi connectivity index (χ3v) is 5.68. The quantitative estimate of drug-likeness (QED) is 0.636. The van der Waals surface area contributed by atoms with E-state index < -0.39 is 0 Å². The lowest BCUT2D eigenvalue weighted by atomic mass is 10.0. The molecule has 0 spiro atoms. The first kappa shape index (κ1) is 20.4. The van der Waals surface area contributed by atoms with Crippen molar-refractivity contribution < 1.29 is 9.53 Å². The molecule has 0 radical (unpaired) electrons. The lowest BCUT2D eigenvalue weighted by Crippen LogP contribution is -2.48. The van der Waals surface area contributed by atoms with Gasteiger partial charge in [-0.15, -0.1) is 0 Å². The first-order chi connectivity index (χ1) is 14.3. The Balaban J connectivity index is 1.80. The highest BCUT2D eigenvalue weighted by molar-refractivity contribution is 5.94. The van der Waals surface area contributed by atoms with Gasteiger partial charge in [-0.2, -0.15) is 5.10 Å². The Morgan fingerprint density at radius 2 is 1.70 bits per heavy atom. The smallest absolute Gasteiger partial charge is 0.272 e. The van der Waals surface area contributed by atoms with Gasteiger partial charge in [0.25, 0.3) is 5.91 Å². The molecule has 5 nitrogen and oxygen atoms in total. The Kier molecular flexibility index (Phi) is 5.48. The molecule has 1 saturated heterocycles. The fraction of sp³-hybridized carbons (Fsp3) is 0.360. The summed E-state index contributed by atoms with van der Waals surface area (Å²) in [7, 11) is 0. The van der Waals surface area contributed by atoms with Crippen LogP contribution in [0.25, 0.3) is 16.9 Å². The number of nitrogens with zero attached hydrogens (tertiary/aromatic N) is 3. The summed E-state index contributed by atoms with van der Waals surface area (Å²) >= 11 is 0. The second-order valence-corrected chi connectivity index (χ2v) is 8.43. The third kappa shape index (κ3) is 4.03. The van der Waals surface area contributed by atoms with E-state index in [4.69, 9.17) is 9.84 Å². The van der Waals surface area contributed by atoms with Crippen molar-refractivity contribution in [2.24, 2.45) is 0 Å². The number of aryl methyl sites for hydroxylation is 3. The molecule has 0 saturated carbocycles. The minimum atomic E-state index is -0.0129. The van der Waals surface area contributed by atoms with E-state index in [2.05, 4.69) is 38.1 Å².